The molecule has 4 rings (SSSR count). The summed E-state index contributed by atoms with van der Waals surface area (Å²) in [7, 11) is 1.37. The van der Waals surface area contributed by atoms with E-state index in [9.17, 15) is 9.59 Å². The summed E-state index contributed by atoms with van der Waals surface area (Å²) in [5.74, 6) is 0.779. The molecule has 1 atom stereocenters. The van der Waals surface area contributed by atoms with E-state index >= 15 is 0 Å². The molecule has 1 unspecified atom stereocenters. The molecule has 2 aromatic heterocycles. The molecule has 0 bridgehead atoms. The van der Waals surface area contributed by atoms with Crippen LogP contribution in [0.3, 0.4) is 0 Å². The van der Waals surface area contributed by atoms with E-state index in [1.165, 1.54) is 30.2 Å². The van der Waals surface area contributed by atoms with Crippen LogP contribution in [-0.4, -0.2) is 39.5 Å². The number of nitrogens with zero attached hydrogens (tertiary/aromatic N) is 3. The van der Waals surface area contributed by atoms with Crippen molar-refractivity contribution in [1.29, 1.82) is 0 Å². The van der Waals surface area contributed by atoms with Crippen molar-refractivity contribution in [3.8, 4) is 5.75 Å². The van der Waals surface area contributed by atoms with Crippen LogP contribution in [-0.2, 0) is 28.9 Å². The summed E-state index contributed by atoms with van der Waals surface area (Å²) in [6.45, 7) is 10.1. The third kappa shape index (κ3) is 6.67. The molecule has 0 radical (unpaired) electrons. The van der Waals surface area contributed by atoms with Gasteiger partial charge in [0.25, 0.3) is 0 Å². The Bertz CT molecular complexity index is 1360. The Kier molecular flexibility index (Phi) is 9.74. The van der Waals surface area contributed by atoms with Gasteiger partial charge in [-0.05, 0) is 75.3 Å². The van der Waals surface area contributed by atoms with Gasteiger partial charge in [0.15, 0.2) is 17.1 Å². The van der Waals surface area contributed by atoms with Gasteiger partial charge in [0.1, 0.15) is 10.8 Å². The first-order chi connectivity index (χ1) is 18.7. The molecule has 1 N–H and O–H groups in total. The Hall–Kier alpha value is -2.82. The van der Waals surface area contributed by atoms with Gasteiger partial charge in [-0.1, -0.05) is 35.9 Å². The van der Waals surface area contributed by atoms with Gasteiger partial charge in [-0.25, -0.2) is 4.79 Å². The number of methoxy groups -OCH3 is 1. The molecule has 0 spiro atoms. The van der Waals surface area contributed by atoms with Crippen molar-refractivity contribution in [2.75, 3.05) is 18.2 Å². The largest absolute Gasteiger partial charge is 0.483 e. The maximum absolute atomic E-state index is 13.0. The van der Waals surface area contributed by atoms with Gasteiger partial charge in [-0.15, -0.1) is 28.1 Å². The van der Waals surface area contributed by atoms with Crippen molar-refractivity contribution >= 4 is 51.6 Å². The van der Waals surface area contributed by atoms with E-state index < -0.39 is 12.1 Å². The molecule has 0 aliphatic heterocycles. The number of thioether (sulfide) groups is 1. The fraction of sp³-hybridized carbons (Fsp3) is 0.429. The molecule has 3 aromatic rings. The van der Waals surface area contributed by atoms with Crippen molar-refractivity contribution in [1.82, 2.24) is 14.8 Å². The van der Waals surface area contributed by atoms with Gasteiger partial charge in [0.2, 0.25) is 5.91 Å². The number of hydrogen-bond donors (Lipinski definition) is 1. The summed E-state index contributed by atoms with van der Waals surface area (Å²) in [5, 5.41) is 13.5. The van der Waals surface area contributed by atoms with Crippen molar-refractivity contribution in [3.63, 3.8) is 0 Å². The van der Waals surface area contributed by atoms with Gasteiger partial charge < -0.3 is 14.8 Å². The molecule has 39 heavy (non-hydrogen) atoms. The van der Waals surface area contributed by atoms with Crippen molar-refractivity contribution in [3.05, 3.63) is 62.8 Å². The average molecular weight is 589 g/mol. The Morgan fingerprint density at radius 3 is 2.64 bits per heavy atom. The van der Waals surface area contributed by atoms with E-state index in [1.807, 2.05) is 37.5 Å². The van der Waals surface area contributed by atoms with Gasteiger partial charge in [-0.3, -0.25) is 9.36 Å². The molecule has 2 heterocycles. The number of hydrogen-bond acceptors (Lipinski definition) is 8. The lowest BCUT2D eigenvalue weighted by Gasteiger charge is -2.17. The van der Waals surface area contributed by atoms with E-state index in [0.29, 0.717) is 33.8 Å². The second-order valence-corrected chi connectivity index (χ2v) is 11.9. The third-order valence-electron chi connectivity index (χ3n) is 6.54. The number of thiophene rings is 1. The van der Waals surface area contributed by atoms with E-state index in [0.717, 1.165) is 58.7 Å². The minimum Gasteiger partial charge on any atom is -0.483 e. The lowest BCUT2D eigenvalue weighted by molar-refractivity contribution is -0.113. The molecule has 1 aromatic carbocycles. The molecular formula is C28H33ClN4O4S2. The van der Waals surface area contributed by atoms with Crippen LogP contribution in [0.4, 0.5) is 5.00 Å². The minimum absolute atomic E-state index is 0.100. The molecule has 1 amide bonds. The smallest absolute Gasteiger partial charge is 0.341 e. The van der Waals surface area contributed by atoms with Crippen molar-refractivity contribution in [2.24, 2.45) is 0 Å². The first kappa shape index (κ1) is 29.2. The summed E-state index contributed by atoms with van der Waals surface area (Å²) in [6, 6.07) is 3.79. The molecule has 0 fully saturated rings. The SMILES string of the molecule is C=CCn1c(SCC(=O)Nc2sc3c(c2C(=O)OC)CCCCC3)nnc1C(C)Oc1cc(C)c(Cl)c(C)c1. The molecule has 1 aliphatic carbocycles. The standard InChI is InChI=1S/C28H33ClN4O4S2/c1-6-12-33-25(18(4)37-19-13-16(2)24(29)17(3)14-19)31-32-28(33)38-15-22(34)30-26-23(27(35)36-5)20-10-8-7-9-11-21(20)39-26/h6,13-14,18H,1,7-12,15H2,2-5H3,(H,30,34). The number of rotatable bonds is 10. The van der Waals surface area contributed by atoms with Crippen LogP contribution >= 0.6 is 34.7 Å². The summed E-state index contributed by atoms with van der Waals surface area (Å²) in [5.41, 5.74) is 3.38. The fourth-order valence-corrected chi connectivity index (χ4v) is 6.84. The molecule has 0 saturated heterocycles. The van der Waals surface area contributed by atoms with Crippen molar-refractivity contribution in [2.45, 2.75) is 70.7 Å². The number of nitrogens with one attached hydrogen (secondary N) is 1. The van der Waals surface area contributed by atoms with Crippen LogP contribution in [0, 0.1) is 13.8 Å². The quantitative estimate of drug-likeness (QED) is 0.121. The third-order valence-corrected chi connectivity index (χ3v) is 9.31. The average Bonchev–Trinajstić information content (AvgIpc) is 3.37. The lowest BCUT2D eigenvalue weighted by atomic mass is 10.1. The summed E-state index contributed by atoms with van der Waals surface area (Å²) >= 11 is 9.05. The Balaban J connectivity index is 1.47. The molecule has 0 saturated carbocycles. The zero-order chi connectivity index (χ0) is 28.1. The number of carbonyl (C=O) groups is 2. The zero-order valence-electron chi connectivity index (χ0n) is 22.6. The number of carbonyl (C=O) groups excluding carboxylic acids is 2. The number of aryl methyl sites for hydroxylation is 3. The number of benzene rings is 1. The predicted octanol–water partition coefficient (Wildman–Crippen LogP) is 6.72. The topological polar surface area (TPSA) is 95.3 Å². The summed E-state index contributed by atoms with van der Waals surface area (Å²) < 4.78 is 13.1. The monoisotopic (exact) mass is 588 g/mol. The Morgan fingerprint density at radius 2 is 1.95 bits per heavy atom. The van der Waals surface area contributed by atoms with E-state index in [-0.39, 0.29) is 11.7 Å². The lowest BCUT2D eigenvalue weighted by Crippen LogP contribution is -2.17. The number of ether oxygens (including phenoxy) is 2. The van der Waals surface area contributed by atoms with Crippen molar-refractivity contribution < 1.29 is 19.1 Å². The molecule has 8 nitrogen and oxygen atoms in total. The number of fused-ring (bicyclic) bond motifs is 1. The predicted molar refractivity (Wildman–Crippen MR) is 156 cm³/mol. The molecule has 208 valence electrons. The first-order valence-electron chi connectivity index (χ1n) is 12.9. The Morgan fingerprint density at radius 1 is 1.23 bits per heavy atom. The van der Waals surface area contributed by atoms with Gasteiger partial charge in [0, 0.05) is 16.4 Å². The number of aromatic nitrogens is 3. The molecule has 11 heteroatoms. The number of halogens is 1. The highest BCUT2D eigenvalue weighted by Crippen LogP contribution is 2.38. The highest BCUT2D eigenvalue weighted by molar-refractivity contribution is 7.99. The van der Waals surface area contributed by atoms with Crippen LogP contribution in [0.2, 0.25) is 5.02 Å². The summed E-state index contributed by atoms with van der Waals surface area (Å²) in [4.78, 5) is 26.7. The van der Waals surface area contributed by atoms with Crippen LogP contribution in [0.15, 0.2) is 29.9 Å². The normalized spacial score (nSPS) is 13.8. The number of anilines is 1. The van der Waals surface area contributed by atoms with E-state index in [2.05, 4.69) is 22.1 Å². The highest BCUT2D eigenvalue weighted by atomic mass is 35.5. The highest BCUT2D eigenvalue weighted by Gasteiger charge is 2.27. The zero-order valence-corrected chi connectivity index (χ0v) is 25.0. The second kappa shape index (κ2) is 13.0. The number of esters is 1. The summed E-state index contributed by atoms with van der Waals surface area (Å²) in [6.07, 6.45) is 6.33. The van der Waals surface area contributed by atoms with Gasteiger partial charge in [-0.2, -0.15) is 0 Å². The second-order valence-electron chi connectivity index (χ2n) is 9.47. The van der Waals surface area contributed by atoms with Gasteiger partial charge in [0.05, 0.1) is 18.4 Å². The van der Waals surface area contributed by atoms with Crippen LogP contribution in [0.5, 0.6) is 5.75 Å². The number of amides is 1. The van der Waals surface area contributed by atoms with Crippen LogP contribution < -0.4 is 10.1 Å². The maximum atomic E-state index is 13.0. The minimum atomic E-state index is -0.409. The van der Waals surface area contributed by atoms with E-state index in [1.54, 1.807) is 6.08 Å². The fourth-order valence-electron chi connectivity index (χ4n) is 4.68. The molecule has 1 aliphatic rings. The van der Waals surface area contributed by atoms with E-state index in [4.69, 9.17) is 21.1 Å². The first-order valence-corrected chi connectivity index (χ1v) is 15.0. The Labute approximate surface area is 242 Å². The van der Waals surface area contributed by atoms with Crippen LogP contribution in [0.1, 0.15) is 70.0 Å². The maximum Gasteiger partial charge on any atom is 0.341 e. The molecular weight excluding hydrogens is 556 g/mol. The van der Waals surface area contributed by atoms with Gasteiger partial charge >= 0.3 is 5.97 Å². The van der Waals surface area contributed by atoms with Crippen LogP contribution in [0.25, 0.3) is 0 Å². The number of allylic oxidation sites excluding steroid dienone is 1.